The molecular formula is C64H38O3S. The monoisotopic (exact) mass is 886 g/mol. The summed E-state index contributed by atoms with van der Waals surface area (Å²) in [5.74, 6) is 3.38. The fourth-order valence-electron chi connectivity index (χ4n) is 10.3. The summed E-state index contributed by atoms with van der Waals surface area (Å²) in [5, 5.41) is 9.03. The first-order chi connectivity index (χ1) is 33.7. The third-order valence-electron chi connectivity index (χ3n) is 13.6. The van der Waals surface area contributed by atoms with Gasteiger partial charge in [0.2, 0.25) is 0 Å². The molecule has 0 bridgehead atoms. The minimum absolute atomic E-state index is 0.809. The maximum absolute atomic E-state index is 7.12. The summed E-state index contributed by atoms with van der Waals surface area (Å²) in [6.45, 7) is 0. The molecule has 14 aromatic rings. The Bertz CT molecular complexity index is 4270. The third kappa shape index (κ3) is 6.19. The molecule has 14 rings (SSSR count). The van der Waals surface area contributed by atoms with Crippen LogP contribution in [-0.2, 0) is 0 Å². The molecule has 4 heteroatoms. The fraction of sp³-hybridized carbons (Fsp3) is 0. The van der Waals surface area contributed by atoms with Crippen molar-refractivity contribution >= 4 is 75.0 Å². The van der Waals surface area contributed by atoms with E-state index in [4.69, 9.17) is 13.3 Å². The van der Waals surface area contributed by atoms with Crippen molar-refractivity contribution in [1.82, 2.24) is 0 Å². The molecule has 4 heterocycles. The summed E-state index contributed by atoms with van der Waals surface area (Å²) in [6, 6.07) is 81.9. The van der Waals surface area contributed by atoms with Gasteiger partial charge in [0.1, 0.15) is 34.2 Å². The number of hydrogen-bond acceptors (Lipinski definition) is 4. The molecule has 0 fully saturated rings. The summed E-state index contributed by atoms with van der Waals surface area (Å²) >= 11 is 1.83. The molecular weight excluding hydrogens is 849 g/mol. The first-order valence-corrected chi connectivity index (χ1v) is 23.8. The van der Waals surface area contributed by atoms with Gasteiger partial charge in [-0.05, 0) is 81.9 Å². The molecule has 0 radical (unpaired) electrons. The van der Waals surface area contributed by atoms with Crippen molar-refractivity contribution in [3.63, 3.8) is 0 Å². The lowest BCUT2D eigenvalue weighted by Gasteiger charge is -2.11. The molecule has 0 amide bonds. The number of rotatable bonds is 7. The molecule has 10 aromatic carbocycles. The first kappa shape index (κ1) is 38.6. The number of hydrogen-bond donors (Lipinski definition) is 0. The average Bonchev–Trinajstić information content (AvgIpc) is 4.19. The summed E-state index contributed by atoms with van der Waals surface area (Å²) < 4.78 is 23.1. The molecule has 68 heavy (non-hydrogen) atoms. The van der Waals surface area contributed by atoms with E-state index in [-0.39, 0.29) is 0 Å². The minimum Gasteiger partial charge on any atom is -0.456 e. The van der Waals surface area contributed by atoms with Crippen molar-refractivity contribution in [1.29, 1.82) is 0 Å². The van der Waals surface area contributed by atoms with E-state index < -0.39 is 0 Å². The van der Waals surface area contributed by atoms with Crippen molar-refractivity contribution in [3.8, 4) is 78.7 Å². The second kappa shape index (κ2) is 15.5. The van der Waals surface area contributed by atoms with Crippen LogP contribution < -0.4 is 0 Å². The third-order valence-corrected chi connectivity index (χ3v) is 14.7. The van der Waals surface area contributed by atoms with Crippen LogP contribution in [0.4, 0.5) is 0 Å². The van der Waals surface area contributed by atoms with Crippen LogP contribution in [0.1, 0.15) is 0 Å². The van der Waals surface area contributed by atoms with Crippen LogP contribution in [0.5, 0.6) is 0 Å². The van der Waals surface area contributed by atoms with E-state index >= 15 is 0 Å². The van der Waals surface area contributed by atoms with Gasteiger partial charge in [0.05, 0.1) is 0 Å². The highest BCUT2D eigenvalue weighted by molar-refractivity contribution is 7.25. The van der Waals surface area contributed by atoms with Crippen molar-refractivity contribution in [2.75, 3.05) is 0 Å². The van der Waals surface area contributed by atoms with Crippen LogP contribution in [0.25, 0.3) is 142 Å². The van der Waals surface area contributed by atoms with Crippen molar-refractivity contribution in [2.24, 2.45) is 0 Å². The fourth-order valence-corrected chi connectivity index (χ4v) is 11.5. The van der Waals surface area contributed by atoms with Gasteiger partial charge < -0.3 is 13.3 Å². The van der Waals surface area contributed by atoms with Crippen LogP contribution in [-0.4, -0.2) is 0 Å². The van der Waals surface area contributed by atoms with Gasteiger partial charge in [-0.1, -0.05) is 182 Å². The predicted molar refractivity (Wildman–Crippen MR) is 284 cm³/mol. The topological polar surface area (TPSA) is 39.4 Å². The quantitative estimate of drug-likeness (QED) is 0.160. The van der Waals surface area contributed by atoms with Gasteiger partial charge in [-0.2, -0.15) is 0 Å². The van der Waals surface area contributed by atoms with Gasteiger partial charge in [0, 0.05) is 74.7 Å². The Hall–Kier alpha value is -8.70. The molecule has 4 aromatic heterocycles. The second-order valence-corrected chi connectivity index (χ2v) is 18.6. The Morgan fingerprint density at radius 1 is 0.221 bits per heavy atom. The molecule has 0 unspecified atom stereocenters. The Morgan fingerprint density at radius 3 is 1.49 bits per heavy atom. The van der Waals surface area contributed by atoms with E-state index in [1.165, 1.54) is 20.2 Å². The van der Waals surface area contributed by atoms with E-state index in [2.05, 4.69) is 218 Å². The lowest BCUT2D eigenvalue weighted by atomic mass is 9.92. The van der Waals surface area contributed by atoms with E-state index in [1.54, 1.807) is 0 Å². The smallest absolute Gasteiger partial charge is 0.143 e. The minimum atomic E-state index is 0.809. The molecule has 0 aliphatic heterocycles. The average molecular weight is 887 g/mol. The first-order valence-electron chi connectivity index (χ1n) is 23.0. The largest absolute Gasteiger partial charge is 0.456 e. The van der Waals surface area contributed by atoms with E-state index in [1.807, 2.05) is 23.5 Å². The number of furan rings is 3. The molecule has 0 N–H and O–H groups in total. The summed E-state index contributed by atoms with van der Waals surface area (Å²) in [7, 11) is 0. The summed E-state index contributed by atoms with van der Waals surface area (Å²) in [5.41, 5.74) is 12.5. The maximum atomic E-state index is 7.12. The lowest BCUT2D eigenvalue weighted by Crippen LogP contribution is -1.86. The zero-order valence-corrected chi connectivity index (χ0v) is 37.4. The standard InChI is InChI=1S/C64H38O3S/c1-2-15-39(16-3-1)45-19-4-6-23-51(45)64-56-36-41(29-34-55(56)61(67-64)43-30-32-48-47-21-10-12-27-57(47)65-58(48)37-43)40-17-14-18-42(35-40)46-20-5-7-24-52(46)63-54-26-9-8-25-53(54)62(66-63)44-31-33-50-49-22-11-13-28-59(49)68-60(50)38-44/h1-38H. The van der Waals surface area contributed by atoms with Crippen molar-refractivity contribution < 1.29 is 13.3 Å². The highest BCUT2D eigenvalue weighted by Crippen LogP contribution is 2.47. The Labute approximate surface area is 395 Å². The van der Waals surface area contributed by atoms with Crippen molar-refractivity contribution in [2.45, 2.75) is 0 Å². The Kier molecular flexibility index (Phi) is 8.76. The summed E-state index contributed by atoms with van der Waals surface area (Å²) in [4.78, 5) is 0. The Balaban J connectivity index is 0.899. The SMILES string of the molecule is c1ccc(-c2ccccc2-c2oc(-c3ccc4c(c3)oc3ccccc34)c3ccc(-c4cccc(-c5ccccc5-c5oc(-c6ccc7c(c6)sc6ccccc67)c6ccccc56)c4)cc23)cc1. The second-order valence-electron chi connectivity index (χ2n) is 17.5. The summed E-state index contributed by atoms with van der Waals surface area (Å²) in [6.07, 6.45) is 0. The van der Waals surface area contributed by atoms with E-state index in [0.717, 1.165) is 122 Å². The van der Waals surface area contributed by atoms with Crippen molar-refractivity contribution in [3.05, 3.63) is 231 Å². The number of thiophene rings is 1. The van der Waals surface area contributed by atoms with Gasteiger partial charge in [-0.15, -0.1) is 11.3 Å². The van der Waals surface area contributed by atoms with E-state index in [9.17, 15) is 0 Å². The lowest BCUT2D eigenvalue weighted by molar-refractivity contribution is 0.601. The van der Waals surface area contributed by atoms with Crippen LogP contribution in [0.3, 0.4) is 0 Å². The molecule has 318 valence electrons. The normalized spacial score (nSPS) is 11.8. The van der Waals surface area contributed by atoms with Crippen LogP contribution in [0.15, 0.2) is 244 Å². The van der Waals surface area contributed by atoms with Gasteiger partial charge in [-0.25, -0.2) is 0 Å². The van der Waals surface area contributed by atoms with Crippen LogP contribution in [0, 0.1) is 0 Å². The molecule has 0 spiro atoms. The zero-order chi connectivity index (χ0) is 44.7. The van der Waals surface area contributed by atoms with Gasteiger partial charge in [0.15, 0.2) is 0 Å². The molecule has 0 aliphatic rings. The van der Waals surface area contributed by atoms with Crippen LogP contribution >= 0.6 is 11.3 Å². The van der Waals surface area contributed by atoms with Crippen LogP contribution in [0.2, 0.25) is 0 Å². The van der Waals surface area contributed by atoms with Gasteiger partial charge in [0.25, 0.3) is 0 Å². The van der Waals surface area contributed by atoms with E-state index in [0.29, 0.717) is 0 Å². The van der Waals surface area contributed by atoms with Gasteiger partial charge in [-0.3, -0.25) is 0 Å². The molecule has 0 aliphatic carbocycles. The molecule has 0 saturated carbocycles. The predicted octanol–water partition coefficient (Wildman–Crippen LogP) is 19.1. The van der Waals surface area contributed by atoms with Gasteiger partial charge >= 0.3 is 0 Å². The highest BCUT2D eigenvalue weighted by atomic mass is 32.1. The molecule has 3 nitrogen and oxygen atoms in total. The maximum Gasteiger partial charge on any atom is 0.143 e. The number of fused-ring (bicyclic) bond motifs is 8. The number of benzene rings is 10. The highest BCUT2D eigenvalue weighted by Gasteiger charge is 2.23. The molecule has 0 atom stereocenters. The number of para-hydroxylation sites is 1. The molecule has 0 saturated heterocycles. The zero-order valence-electron chi connectivity index (χ0n) is 36.6. The Morgan fingerprint density at radius 2 is 0.706 bits per heavy atom.